The second kappa shape index (κ2) is 5.85. The smallest absolute Gasteiger partial charge is 0.356 e. The van der Waals surface area contributed by atoms with Crippen molar-refractivity contribution in [1.82, 2.24) is 4.98 Å². The number of anilines is 1. The Kier molecular flexibility index (Phi) is 4.18. The van der Waals surface area contributed by atoms with Gasteiger partial charge in [0.2, 0.25) is 0 Å². The number of pyridine rings is 1. The first kappa shape index (κ1) is 12.9. The normalized spacial score (nSPS) is 15.6. The molecule has 1 aliphatic rings. The molecule has 0 saturated carbocycles. The van der Waals surface area contributed by atoms with Gasteiger partial charge in [-0.15, -0.1) is 0 Å². The number of hydrogen-bond acceptors (Lipinski definition) is 4. The molecule has 0 N–H and O–H groups in total. The summed E-state index contributed by atoms with van der Waals surface area (Å²) in [5, 5.41) is 0. The molecule has 1 aliphatic heterocycles. The molecule has 4 heteroatoms. The molecule has 1 saturated heterocycles. The highest BCUT2D eigenvalue weighted by molar-refractivity contribution is 5.88. The zero-order valence-corrected chi connectivity index (χ0v) is 11.1. The Balaban J connectivity index is 2.22. The van der Waals surface area contributed by atoms with Gasteiger partial charge in [0.15, 0.2) is 5.69 Å². The van der Waals surface area contributed by atoms with Crippen LogP contribution in [0.25, 0.3) is 0 Å². The fraction of sp³-hybridized carbons (Fsp3) is 0.571. The Morgan fingerprint density at radius 3 is 2.72 bits per heavy atom. The Morgan fingerprint density at radius 1 is 1.33 bits per heavy atom. The lowest BCUT2D eigenvalue weighted by Crippen LogP contribution is -2.29. The average Bonchev–Trinajstić information content (AvgIpc) is 2.39. The molecule has 0 aromatic carbocycles. The standard InChI is InChI=1S/C14H20N2O2/c1-3-18-14(17)13-10-12(9-11(2)15-13)16-7-5-4-6-8-16/h9-10H,3-8H2,1-2H3. The van der Waals surface area contributed by atoms with E-state index in [9.17, 15) is 4.79 Å². The summed E-state index contributed by atoms with van der Waals surface area (Å²) in [6.45, 7) is 6.22. The minimum Gasteiger partial charge on any atom is -0.461 e. The first-order chi connectivity index (χ1) is 8.70. The summed E-state index contributed by atoms with van der Waals surface area (Å²) in [6.07, 6.45) is 3.73. The number of aryl methyl sites for hydroxylation is 1. The Bertz CT molecular complexity index is 426. The number of aromatic nitrogens is 1. The highest BCUT2D eigenvalue weighted by Gasteiger charge is 2.15. The highest BCUT2D eigenvalue weighted by atomic mass is 16.5. The molecule has 0 aliphatic carbocycles. The van der Waals surface area contributed by atoms with E-state index in [-0.39, 0.29) is 5.97 Å². The maximum Gasteiger partial charge on any atom is 0.356 e. The van der Waals surface area contributed by atoms with Crippen molar-refractivity contribution in [2.45, 2.75) is 33.1 Å². The van der Waals surface area contributed by atoms with Crippen molar-refractivity contribution in [3.05, 3.63) is 23.5 Å². The second-order valence-electron chi connectivity index (χ2n) is 4.62. The van der Waals surface area contributed by atoms with Crippen LogP contribution in [0, 0.1) is 6.92 Å². The number of esters is 1. The van der Waals surface area contributed by atoms with Gasteiger partial charge >= 0.3 is 5.97 Å². The van der Waals surface area contributed by atoms with Crippen LogP contribution in [-0.4, -0.2) is 30.6 Å². The molecular formula is C14H20N2O2. The summed E-state index contributed by atoms with van der Waals surface area (Å²) in [4.78, 5) is 18.3. The van der Waals surface area contributed by atoms with Crippen LogP contribution in [0.4, 0.5) is 5.69 Å². The van der Waals surface area contributed by atoms with E-state index in [1.807, 2.05) is 19.1 Å². The summed E-state index contributed by atoms with van der Waals surface area (Å²) in [5.41, 5.74) is 2.36. The molecular weight excluding hydrogens is 228 g/mol. The fourth-order valence-corrected chi connectivity index (χ4v) is 2.29. The first-order valence-corrected chi connectivity index (χ1v) is 6.61. The number of carbonyl (C=O) groups is 1. The molecule has 0 radical (unpaired) electrons. The maximum atomic E-state index is 11.7. The molecule has 98 valence electrons. The molecule has 0 spiro atoms. The van der Waals surface area contributed by atoms with E-state index in [0.717, 1.165) is 24.5 Å². The van der Waals surface area contributed by atoms with Gasteiger partial charge in [0.25, 0.3) is 0 Å². The summed E-state index contributed by atoms with van der Waals surface area (Å²) < 4.78 is 5.01. The molecule has 2 heterocycles. The van der Waals surface area contributed by atoms with Crippen molar-refractivity contribution in [2.75, 3.05) is 24.6 Å². The highest BCUT2D eigenvalue weighted by Crippen LogP contribution is 2.21. The summed E-state index contributed by atoms with van der Waals surface area (Å²) in [7, 11) is 0. The van der Waals surface area contributed by atoms with Crippen LogP contribution in [0.1, 0.15) is 42.4 Å². The third-order valence-corrected chi connectivity index (χ3v) is 3.14. The van der Waals surface area contributed by atoms with E-state index in [0.29, 0.717) is 12.3 Å². The summed E-state index contributed by atoms with van der Waals surface area (Å²) >= 11 is 0. The third-order valence-electron chi connectivity index (χ3n) is 3.14. The summed E-state index contributed by atoms with van der Waals surface area (Å²) in [5.74, 6) is -0.334. The number of hydrogen-bond donors (Lipinski definition) is 0. The average molecular weight is 248 g/mol. The van der Waals surface area contributed by atoms with E-state index in [1.54, 1.807) is 6.92 Å². The Hall–Kier alpha value is -1.58. The number of piperidine rings is 1. The van der Waals surface area contributed by atoms with Crippen LogP contribution in [0.2, 0.25) is 0 Å². The number of ether oxygens (including phenoxy) is 1. The lowest BCUT2D eigenvalue weighted by Gasteiger charge is -2.29. The monoisotopic (exact) mass is 248 g/mol. The van der Waals surface area contributed by atoms with Gasteiger partial charge in [-0.2, -0.15) is 0 Å². The van der Waals surface area contributed by atoms with Gasteiger partial charge in [-0.05, 0) is 45.2 Å². The fourth-order valence-electron chi connectivity index (χ4n) is 2.29. The minimum absolute atomic E-state index is 0.334. The van der Waals surface area contributed by atoms with Gasteiger partial charge in [0.1, 0.15) is 0 Å². The van der Waals surface area contributed by atoms with Crippen LogP contribution in [0.5, 0.6) is 0 Å². The predicted molar refractivity (Wildman–Crippen MR) is 71.0 cm³/mol. The van der Waals surface area contributed by atoms with E-state index in [1.165, 1.54) is 19.3 Å². The van der Waals surface area contributed by atoms with E-state index >= 15 is 0 Å². The molecule has 1 aromatic heterocycles. The molecule has 4 nitrogen and oxygen atoms in total. The minimum atomic E-state index is -0.334. The molecule has 1 fully saturated rings. The van der Waals surface area contributed by atoms with Gasteiger partial charge in [-0.3, -0.25) is 0 Å². The van der Waals surface area contributed by atoms with E-state index < -0.39 is 0 Å². The quantitative estimate of drug-likeness (QED) is 0.771. The van der Waals surface area contributed by atoms with Crippen molar-refractivity contribution < 1.29 is 9.53 Å². The number of carbonyl (C=O) groups excluding carboxylic acids is 1. The molecule has 1 aromatic rings. The largest absolute Gasteiger partial charge is 0.461 e. The van der Waals surface area contributed by atoms with Gasteiger partial charge in [0, 0.05) is 24.5 Å². The zero-order valence-electron chi connectivity index (χ0n) is 11.1. The van der Waals surface area contributed by atoms with Crippen molar-refractivity contribution in [3.63, 3.8) is 0 Å². The molecule has 2 rings (SSSR count). The number of rotatable bonds is 3. The molecule has 0 atom stereocenters. The Labute approximate surface area is 108 Å². The van der Waals surface area contributed by atoms with Gasteiger partial charge in [-0.1, -0.05) is 0 Å². The van der Waals surface area contributed by atoms with Crippen molar-refractivity contribution >= 4 is 11.7 Å². The van der Waals surface area contributed by atoms with Crippen molar-refractivity contribution in [2.24, 2.45) is 0 Å². The van der Waals surface area contributed by atoms with Gasteiger partial charge in [-0.25, -0.2) is 9.78 Å². The molecule has 0 bridgehead atoms. The topological polar surface area (TPSA) is 42.4 Å². The van der Waals surface area contributed by atoms with Crippen LogP contribution < -0.4 is 4.90 Å². The number of nitrogens with zero attached hydrogens (tertiary/aromatic N) is 2. The molecule has 18 heavy (non-hydrogen) atoms. The van der Waals surface area contributed by atoms with E-state index in [4.69, 9.17) is 4.74 Å². The van der Waals surface area contributed by atoms with Crippen molar-refractivity contribution in [3.8, 4) is 0 Å². The second-order valence-corrected chi connectivity index (χ2v) is 4.62. The lowest BCUT2D eigenvalue weighted by atomic mass is 10.1. The predicted octanol–water partition coefficient (Wildman–Crippen LogP) is 2.56. The summed E-state index contributed by atoms with van der Waals surface area (Å²) in [6, 6.07) is 3.88. The van der Waals surface area contributed by atoms with E-state index in [2.05, 4.69) is 9.88 Å². The zero-order chi connectivity index (χ0) is 13.0. The van der Waals surface area contributed by atoms with Crippen molar-refractivity contribution in [1.29, 1.82) is 0 Å². The van der Waals surface area contributed by atoms with Crippen LogP contribution in [0.3, 0.4) is 0 Å². The lowest BCUT2D eigenvalue weighted by molar-refractivity contribution is 0.0519. The SMILES string of the molecule is CCOC(=O)c1cc(N2CCCCC2)cc(C)n1. The third kappa shape index (κ3) is 3.00. The van der Waals surface area contributed by atoms with Crippen LogP contribution in [0.15, 0.2) is 12.1 Å². The molecule has 0 amide bonds. The van der Waals surface area contributed by atoms with Crippen LogP contribution in [-0.2, 0) is 4.74 Å². The molecule has 0 unspecified atom stereocenters. The first-order valence-electron chi connectivity index (χ1n) is 6.61. The maximum absolute atomic E-state index is 11.7. The van der Waals surface area contributed by atoms with Gasteiger partial charge in [0.05, 0.1) is 6.61 Å². The Morgan fingerprint density at radius 2 is 2.06 bits per heavy atom. The van der Waals surface area contributed by atoms with Crippen LogP contribution >= 0.6 is 0 Å². The van der Waals surface area contributed by atoms with Gasteiger partial charge < -0.3 is 9.64 Å².